The van der Waals surface area contributed by atoms with Gasteiger partial charge in [0.25, 0.3) is 0 Å². The minimum absolute atomic E-state index is 0.00459. The SMILES string of the molecule is C=CCc1ccc(O)c(-c2cc(CC=C)cc(C=CC(=O)c3ccccc3Br)c2O)c1. The number of aromatic hydroxyl groups is 2. The van der Waals surface area contributed by atoms with E-state index in [1.807, 2.05) is 30.3 Å². The number of benzene rings is 3. The Kier molecular flexibility index (Phi) is 7.27. The Bertz CT molecular complexity index is 1180. The fraction of sp³-hybridized carbons (Fsp3) is 0.0741. The second-order valence-corrected chi connectivity index (χ2v) is 7.95. The zero-order valence-corrected chi connectivity index (χ0v) is 18.6. The number of allylic oxidation sites excluding steroid dienone is 3. The van der Waals surface area contributed by atoms with Crippen molar-refractivity contribution in [1.29, 1.82) is 0 Å². The summed E-state index contributed by atoms with van der Waals surface area (Å²) in [5.74, 6) is -0.119. The third-order valence-corrected chi connectivity index (χ3v) is 5.56. The minimum atomic E-state index is -0.182. The Morgan fingerprint density at radius 1 is 0.903 bits per heavy atom. The van der Waals surface area contributed by atoms with E-state index in [-0.39, 0.29) is 17.3 Å². The first-order valence-corrected chi connectivity index (χ1v) is 10.6. The number of phenols is 2. The minimum Gasteiger partial charge on any atom is -0.507 e. The van der Waals surface area contributed by atoms with Gasteiger partial charge in [0.1, 0.15) is 11.5 Å². The summed E-state index contributed by atoms with van der Waals surface area (Å²) in [7, 11) is 0. The highest BCUT2D eigenvalue weighted by Gasteiger charge is 2.15. The lowest BCUT2D eigenvalue weighted by molar-refractivity contribution is 0.104. The molecule has 0 aliphatic carbocycles. The van der Waals surface area contributed by atoms with Crippen LogP contribution in [0.4, 0.5) is 0 Å². The highest BCUT2D eigenvalue weighted by atomic mass is 79.9. The maximum Gasteiger partial charge on any atom is 0.186 e. The zero-order valence-electron chi connectivity index (χ0n) is 17.0. The Labute approximate surface area is 190 Å². The molecule has 156 valence electrons. The molecule has 0 aliphatic heterocycles. The van der Waals surface area contributed by atoms with Crippen molar-refractivity contribution in [3.05, 3.63) is 113 Å². The molecule has 3 rings (SSSR count). The van der Waals surface area contributed by atoms with Gasteiger partial charge in [-0.15, -0.1) is 13.2 Å². The van der Waals surface area contributed by atoms with Crippen LogP contribution in [0.3, 0.4) is 0 Å². The molecular weight excluding hydrogens is 452 g/mol. The van der Waals surface area contributed by atoms with Gasteiger partial charge >= 0.3 is 0 Å². The van der Waals surface area contributed by atoms with E-state index in [1.165, 1.54) is 6.08 Å². The fourth-order valence-electron chi connectivity index (χ4n) is 3.34. The first-order valence-electron chi connectivity index (χ1n) is 9.81. The van der Waals surface area contributed by atoms with Crippen LogP contribution in [0.15, 0.2) is 90.5 Å². The maximum absolute atomic E-state index is 12.6. The smallest absolute Gasteiger partial charge is 0.186 e. The Hall–Kier alpha value is -3.37. The number of rotatable bonds is 8. The number of ketones is 1. The van der Waals surface area contributed by atoms with Gasteiger partial charge in [-0.25, -0.2) is 0 Å². The molecule has 0 radical (unpaired) electrons. The van der Waals surface area contributed by atoms with E-state index >= 15 is 0 Å². The number of carbonyl (C=O) groups is 1. The molecule has 0 atom stereocenters. The van der Waals surface area contributed by atoms with E-state index in [0.29, 0.717) is 39.6 Å². The highest BCUT2D eigenvalue weighted by molar-refractivity contribution is 9.10. The number of hydrogen-bond acceptors (Lipinski definition) is 3. The molecular formula is C27H23BrO3. The summed E-state index contributed by atoms with van der Waals surface area (Å²) in [6, 6.07) is 16.1. The molecule has 0 aromatic heterocycles. The van der Waals surface area contributed by atoms with E-state index in [0.717, 1.165) is 11.1 Å². The lowest BCUT2D eigenvalue weighted by Gasteiger charge is -2.13. The van der Waals surface area contributed by atoms with Crippen molar-refractivity contribution in [3.63, 3.8) is 0 Å². The molecule has 3 nitrogen and oxygen atoms in total. The molecule has 4 heteroatoms. The van der Waals surface area contributed by atoms with Crippen LogP contribution < -0.4 is 0 Å². The summed E-state index contributed by atoms with van der Waals surface area (Å²) in [6.45, 7) is 7.55. The third-order valence-electron chi connectivity index (χ3n) is 4.86. The van der Waals surface area contributed by atoms with Crippen molar-refractivity contribution in [2.24, 2.45) is 0 Å². The second-order valence-electron chi connectivity index (χ2n) is 7.10. The van der Waals surface area contributed by atoms with E-state index in [1.54, 1.807) is 42.5 Å². The number of carbonyl (C=O) groups excluding carboxylic acids is 1. The first-order chi connectivity index (χ1) is 14.9. The van der Waals surface area contributed by atoms with Gasteiger partial charge in [0.05, 0.1) is 0 Å². The monoisotopic (exact) mass is 474 g/mol. The van der Waals surface area contributed by atoms with Crippen LogP contribution in [0.2, 0.25) is 0 Å². The summed E-state index contributed by atoms with van der Waals surface area (Å²) < 4.78 is 0.707. The van der Waals surface area contributed by atoms with Crippen molar-refractivity contribution >= 4 is 27.8 Å². The zero-order chi connectivity index (χ0) is 22.4. The molecule has 0 heterocycles. The van der Waals surface area contributed by atoms with Crippen molar-refractivity contribution in [2.75, 3.05) is 0 Å². The van der Waals surface area contributed by atoms with Gasteiger partial charge < -0.3 is 10.2 Å². The maximum atomic E-state index is 12.6. The van der Waals surface area contributed by atoms with Crippen molar-refractivity contribution < 1.29 is 15.0 Å². The van der Waals surface area contributed by atoms with Crippen molar-refractivity contribution in [2.45, 2.75) is 12.8 Å². The Morgan fingerprint density at radius 3 is 2.29 bits per heavy atom. The molecule has 0 fully saturated rings. The Morgan fingerprint density at radius 2 is 1.58 bits per heavy atom. The van der Waals surface area contributed by atoms with E-state index in [4.69, 9.17) is 0 Å². The lowest BCUT2D eigenvalue weighted by Crippen LogP contribution is -1.95. The largest absolute Gasteiger partial charge is 0.507 e. The fourth-order valence-corrected chi connectivity index (χ4v) is 3.82. The van der Waals surface area contributed by atoms with E-state index in [9.17, 15) is 15.0 Å². The van der Waals surface area contributed by atoms with Gasteiger partial charge in [-0.2, -0.15) is 0 Å². The molecule has 0 saturated heterocycles. The van der Waals surface area contributed by atoms with Gasteiger partial charge in [-0.05, 0) is 72.5 Å². The van der Waals surface area contributed by atoms with Gasteiger partial charge in [0.2, 0.25) is 0 Å². The summed E-state index contributed by atoms with van der Waals surface area (Å²) in [5, 5.41) is 21.4. The molecule has 0 amide bonds. The van der Waals surface area contributed by atoms with E-state index < -0.39 is 0 Å². The van der Waals surface area contributed by atoms with Crippen LogP contribution in [-0.2, 0) is 12.8 Å². The average molecular weight is 475 g/mol. The van der Waals surface area contributed by atoms with Gasteiger partial charge in [0.15, 0.2) is 5.78 Å². The summed E-state index contributed by atoms with van der Waals surface area (Å²) in [5.41, 5.74) is 3.92. The van der Waals surface area contributed by atoms with Crippen LogP contribution in [0.25, 0.3) is 17.2 Å². The summed E-state index contributed by atoms with van der Waals surface area (Å²) >= 11 is 3.39. The highest BCUT2D eigenvalue weighted by Crippen LogP contribution is 2.39. The molecule has 3 aromatic rings. The summed E-state index contributed by atoms with van der Waals surface area (Å²) in [6.07, 6.45) is 7.81. The topological polar surface area (TPSA) is 57.5 Å². The Balaban J connectivity index is 2.08. The second kappa shape index (κ2) is 10.1. The number of hydrogen-bond donors (Lipinski definition) is 2. The molecule has 0 bridgehead atoms. The van der Waals surface area contributed by atoms with Crippen LogP contribution in [0.5, 0.6) is 11.5 Å². The van der Waals surface area contributed by atoms with Gasteiger partial charge in [-0.1, -0.05) is 46.3 Å². The molecule has 0 spiro atoms. The number of halogens is 1. The van der Waals surface area contributed by atoms with Gasteiger partial charge in [0, 0.05) is 26.7 Å². The molecule has 31 heavy (non-hydrogen) atoms. The van der Waals surface area contributed by atoms with Crippen LogP contribution >= 0.6 is 15.9 Å². The predicted octanol–water partition coefficient (Wildman–Crippen LogP) is 6.88. The molecule has 2 N–H and O–H groups in total. The van der Waals surface area contributed by atoms with Gasteiger partial charge in [-0.3, -0.25) is 4.79 Å². The molecule has 0 saturated carbocycles. The lowest BCUT2D eigenvalue weighted by atomic mass is 9.94. The van der Waals surface area contributed by atoms with Crippen LogP contribution in [-0.4, -0.2) is 16.0 Å². The number of phenolic OH excluding ortho intramolecular Hbond substituents is 2. The summed E-state index contributed by atoms with van der Waals surface area (Å²) in [4.78, 5) is 12.6. The average Bonchev–Trinajstić information content (AvgIpc) is 2.76. The third kappa shape index (κ3) is 5.22. The molecule has 3 aromatic carbocycles. The standard InChI is InChI=1S/C27H23BrO3/c1-3-7-18-11-13-26(30)22(16-18)23-17-19(8-4-2)15-20(27(23)31)12-14-25(29)21-9-5-6-10-24(21)28/h3-6,9-17,30-31H,1-2,7-8H2. The molecule has 0 aliphatic rings. The van der Waals surface area contributed by atoms with E-state index in [2.05, 4.69) is 29.1 Å². The van der Waals surface area contributed by atoms with Crippen LogP contribution in [0, 0.1) is 0 Å². The van der Waals surface area contributed by atoms with Crippen molar-refractivity contribution in [3.8, 4) is 22.6 Å². The van der Waals surface area contributed by atoms with Crippen molar-refractivity contribution in [1.82, 2.24) is 0 Å². The quantitative estimate of drug-likeness (QED) is 0.212. The normalized spacial score (nSPS) is 10.9. The molecule has 0 unspecified atom stereocenters. The first kappa shape index (κ1) is 22.3. The van der Waals surface area contributed by atoms with Crippen LogP contribution in [0.1, 0.15) is 27.0 Å². The predicted molar refractivity (Wildman–Crippen MR) is 131 cm³/mol.